The van der Waals surface area contributed by atoms with Crippen molar-refractivity contribution >= 4 is 38.2 Å². The lowest BCUT2D eigenvalue weighted by atomic mass is 10.1. The number of hydrogen-bond acceptors (Lipinski definition) is 5. The molecular formula is C19H16BrN3O2. The summed E-state index contributed by atoms with van der Waals surface area (Å²) in [6.45, 7) is 2.02. The predicted octanol–water partition coefficient (Wildman–Crippen LogP) is 4.94. The summed E-state index contributed by atoms with van der Waals surface area (Å²) in [6, 6.07) is 11.8. The van der Waals surface area contributed by atoms with Crippen LogP contribution in [-0.2, 0) is 0 Å². The minimum Gasteiger partial charge on any atom is -0.493 e. The Morgan fingerprint density at radius 3 is 2.60 bits per heavy atom. The molecule has 2 aromatic carbocycles. The molecule has 0 bridgehead atoms. The summed E-state index contributed by atoms with van der Waals surface area (Å²) < 4.78 is 11.8. The highest BCUT2D eigenvalue weighted by Gasteiger charge is 2.16. The van der Waals surface area contributed by atoms with E-state index >= 15 is 0 Å². The van der Waals surface area contributed by atoms with E-state index in [9.17, 15) is 5.26 Å². The lowest BCUT2D eigenvalue weighted by Crippen LogP contribution is -1.99. The van der Waals surface area contributed by atoms with Crippen molar-refractivity contribution in [3.05, 3.63) is 52.1 Å². The van der Waals surface area contributed by atoms with Crippen molar-refractivity contribution in [2.75, 3.05) is 19.5 Å². The van der Waals surface area contributed by atoms with Gasteiger partial charge in [-0.25, -0.2) is 0 Å². The van der Waals surface area contributed by atoms with Gasteiger partial charge in [0.05, 0.1) is 25.5 Å². The molecule has 0 amide bonds. The van der Waals surface area contributed by atoms with Crippen molar-refractivity contribution in [3.63, 3.8) is 0 Å². The second kappa shape index (κ2) is 6.99. The van der Waals surface area contributed by atoms with Crippen LogP contribution in [0.5, 0.6) is 11.5 Å². The van der Waals surface area contributed by atoms with E-state index < -0.39 is 0 Å². The summed E-state index contributed by atoms with van der Waals surface area (Å²) in [5.74, 6) is 1.13. The summed E-state index contributed by atoms with van der Waals surface area (Å²) >= 11 is 3.53. The molecule has 6 heteroatoms. The average molecular weight is 398 g/mol. The van der Waals surface area contributed by atoms with Gasteiger partial charge in [0.25, 0.3) is 0 Å². The van der Waals surface area contributed by atoms with Crippen molar-refractivity contribution in [1.29, 1.82) is 5.26 Å². The second-order valence-electron chi connectivity index (χ2n) is 5.44. The number of pyridine rings is 1. The SMILES string of the molecule is COc1ccc2c(Nc3ccc(C)c(Br)c3)c(C#N)cnc2c1OC. The van der Waals surface area contributed by atoms with E-state index in [4.69, 9.17) is 9.47 Å². The molecule has 25 heavy (non-hydrogen) atoms. The first-order chi connectivity index (χ1) is 12.1. The van der Waals surface area contributed by atoms with E-state index in [-0.39, 0.29) is 0 Å². The number of fused-ring (bicyclic) bond motifs is 1. The fraction of sp³-hybridized carbons (Fsp3) is 0.158. The molecule has 0 aliphatic heterocycles. The van der Waals surface area contributed by atoms with Crippen LogP contribution in [0, 0.1) is 18.3 Å². The highest BCUT2D eigenvalue weighted by molar-refractivity contribution is 9.10. The van der Waals surface area contributed by atoms with Crippen molar-refractivity contribution in [1.82, 2.24) is 4.98 Å². The zero-order chi connectivity index (χ0) is 18.0. The Morgan fingerprint density at radius 1 is 1.16 bits per heavy atom. The molecular weight excluding hydrogens is 382 g/mol. The molecule has 0 fully saturated rings. The number of anilines is 2. The molecule has 126 valence electrons. The summed E-state index contributed by atoms with van der Waals surface area (Å²) in [6.07, 6.45) is 1.54. The van der Waals surface area contributed by atoms with E-state index in [0.717, 1.165) is 21.1 Å². The minimum atomic E-state index is 0.455. The van der Waals surface area contributed by atoms with Gasteiger partial charge in [-0.3, -0.25) is 4.98 Å². The molecule has 0 saturated heterocycles. The zero-order valence-corrected chi connectivity index (χ0v) is 15.6. The monoisotopic (exact) mass is 397 g/mol. The van der Waals surface area contributed by atoms with Crippen molar-refractivity contribution in [3.8, 4) is 17.6 Å². The third kappa shape index (κ3) is 3.11. The number of methoxy groups -OCH3 is 2. The molecule has 3 aromatic rings. The first-order valence-corrected chi connectivity index (χ1v) is 8.35. The molecule has 0 spiro atoms. The van der Waals surface area contributed by atoms with Crippen LogP contribution in [0.1, 0.15) is 11.1 Å². The van der Waals surface area contributed by atoms with Gasteiger partial charge in [-0.2, -0.15) is 5.26 Å². The largest absolute Gasteiger partial charge is 0.493 e. The van der Waals surface area contributed by atoms with Gasteiger partial charge >= 0.3 is 0 Å². The number of nitrogens with zero attached hydrogens (tertiary/aromatic N) is 2. The van der Waals surface area contributed by atoms with E-state index in [1.54, 1.807) is 20.3 Å². The lowest BCUT2D eigenvalue weighted by Gasteiger charge is -2.15. The molecule has 0 aliphatic rings. The Hall–Kier alpha value is -2.78. The number of rotatable bonds is 4. The van der Waals surface area contributed by atoms with Crippen LogP contribution in [0.4, 0.5) is 11.4 Å². The number of halogens is 1. The molecule has 1 heterocycles. The first kappa shape index (κ1) is 17.1. The Labute approximate surface area is 154 Å². The van der Waals surface area contributed by atoms with Gasteiger partial charge in [0.2, 0.25) is 0 Å². The van der Waals surface area contributed by atoms with Crippen molar-refractivity contribution < 1.29 is 9.47 Å². The van der Waals surface area contributed by atoms with Crippen LogP contribution in [0.2, 0.25) is 0 Å². The topological polar surface area (TPSA) is 67.2 Å². The number of ether oxygens (including phenoxy) is 2. The molecule has 1 N–H and O–H groups in total. The molecule has 0 aliphatic carbocycles. The fourth-order valence-electron chi connectivity index (χ4n) is 2.61. The first-order valence-electron chi connectivity index (χ1n) is 7.56. The molecule has 3 rings (SSSR count). The fourth-order valence-corrected chi connectivity index (χ4v) is 2.99. The maximum Gasteiger partial charge on any atom is 0.187 e. The Balaban J connectivity index is 2.21. The third-order valence-electron chi connectivity index (χ3n) is 3.94. The van der Waals surface area contributed by atoms with Gasteiger partial charge in [0, 0.05) is 21.7 Å². The smallest absolute Gasteiger partial charge is 0.187 e. The summed E-state index contributed by atoms with van der Waals surface area (Å²) in [4.78, 5) is 4.39. The predicted molar refractivity (Wildman–Crippen MR) is 102 cm³/mol. The van der Waals surface area contributed by atoms with Crippen LogP contribution < -0.4 is 14.8 Å². The van der Waals surface area contributed by atoms with Crippen molar-refractivity contribution in [2.24, 2.45) is 0 Å². The Kier molecular flexibility index (Phi) is 4.77. The third-order valence-corrected chi connectivity index (χ3v) is 4.80. The molecule has 0 unspecified atom stereocenters. The number of benzene rings is 2. The normalized spacial score (nSPS) is 10.4. The van der Waals surface area contributed by atoms with E-state index in [0.29, 0.717) is 28.3 Å². The van der Waals surface area contributed by atoms with Gasteiger partial charge in [-0.1, -0.05) is 22.0 Å². The van der Waals surface area contributed by atoms with Crippen LogP contribution in [0.3, 0.4) is 0 Å². The standard InChI is InChI=1S/C19H16BrN3O2/c1-11-4-5-13(8-15(11)20)23-17-12(9-21)10-22-18-14(17)6-7-16(24-2)19(18)25-3/h4-8,10H,1-3H3,(H,22,23). The van der Waals surface area contributed by atoms with E-state index in [1.165, 1.54) is 6.20 Å². The number of hydrogen-bond donors (Lipinski definition) is 1. The summed E-state index contributed by atoms with van der Waals surface area (Å²) in [5, 5.41) is 13.6. The van der Waals surface area contributed by atoms with Gasteiger partial charge in [-0.15, -0.1) is 0 Å². The van der Waals surface area contributed by atoms with Crippen LogP contribution in [0.25, 0.3) is 10.9 Å². The molecule has 0 radical (unpaired) electrons. The number of aromatic nitrogens is 1. The number of aryl methyl sites for hydroxylation is 1. The quantitative estimate of drug-likeness (QED) is 0.675. The molecule has 0 atom stereocenters. The summed E-state index contributed by atoms with van der Waals surface area (Å²) in [7, 11) is 3.15. The molecule has 1 aromatic heterocycles. The van der Waals surface area contributed by atoms with Crippen LogP contribution in [0.15, 0.2) is 41.0 Å². The van der Waals surface area contributed by atoms with Gasteiger partial charge in [0.15, 0.2) is 11.5 Å². The van der Waals surface area contributed by atoms with Gasteiger partial charge in [-0.05, 0) is 36.8 Å². The second-order valence-corrected chi connectivity index (χ2v) is 6.30. The Bertz CT molecular complexity index is 996. The zero-order valence-electron chi connectivity index (χ0n) is 14.1. The summed E-state index contributed by atoms with van der Waals surface area (Å²) in [5.41, 5.74) is 3.78. The van der Waals surface area contributed by atoms with Crippen LogP contribution >= 0.6 is 15.9 Å². The average Bonchev–Trinajstić information content (AvgIpc) is 2.63. The minimum absolute atomic E-state index is 0.455. The van der Waals surface area contributed by atoms with Gasteiger partial charge in [0.1, 0.15) is 11.6 Å². The number of nitriles is 1. The van der Waals surface area contributed by atoms with Gasteiger partial charge < -0.3 is 14.8 Å². The molecule has 0 saturated carbocycles. The maximum atomic E-state index is 9.49. The van der Waals surface area contributed by atoms with Crippen molar-refractivity contribution in [2.45, 2.75) is 6.92 Å². The van der Waals surface area contributed by atoms with Crippen LogP contribution in [-0.4, -0.2) is 19.2 Å². The lowest BCUT2D eigenvalue weighted by molar-refractivity contribution is 0.358. The Morgan fingerprint density at radius 2 is 1.96 bits per heavy atom. The van der Waals surface area contributed by atoms with E-state index in [1.807, 2.05) is 31.2 Å². The maximum absolute atomic E-state index is 9.49. The van der Waals surface area contributed by atoms with E-state index in [2.05, 4.69) is 32.3 Å². The number of nitrogens with one attached hydrogen (secondary N) is 1. The highest BCUT2D eigenvalue weighted by atomic mass is 79.9. The highest BCUT2D eigenvalue weighted by Crippen LogP contribution is 2.39. The molecule has 5 nitrogen and oxygen atoms in total.